The molecule has 3 rings (SSSR count). The van der Waals surface area contributed by atoms with E-state index >= 15 is 0 Å². The molecular weight excluding hydrogens is 453 g/mol. The van der Waals surface area contributed by atoms with Crippen molar-refractivity contribution in [2.75, 3.05) is 31.1 Å². The fourth-order valence-corrected chi connectivity index (χ4v) is 4.63. The van der Waals surface area contributed by atoms with Crippen molar-refractivity contribution >= 4 is 11.7 Å². The van der Waals surface area contributed by atoms with Crippen molar-refractivity contribution in [1.82, 2.24) is 14.9 Å². The van der Waals surface area contributed by atoms with Crippen molar-refractivity contribution in [3.8, 4) is 0 Å². The van der Waals surface area contributed by atoms with Gasteiger partial charge in [-0.25, -0.2) is 9.97 Å². The van der Waals surface area contributed by atoms with E-state index in [0.717, 1.165) is 36.0 Å². The minimum absolute atomic E-state index is 0.208. The molecule has 0 N–H and O–H groups in total. The van der Waals surface area contributed by atoms with Gasteiger partial charge in [-0.2, -0.15) is 13.2 Å². The summed E-state index contributed by atoms with van der Waals surface area (Å²) in [5.74, 6) is 1.60. The average Bonchev–Trinajstić information content (AvgIpc) is 2.82. The lowest BCUT2D eigenvalue weighted by Gasteiger charge is -2.36. The molecule has 0 aliphatic carbocycles. The predicted octanol–water partition coefficient (Wildman–Crippen LogP) is 6.10. The molecule has 1 aromatic heterocycles. The number of alkyl halides is 3. The van der Waals surface area contributed by atoms with Crippen molar-refractivity contribution in [2.45, 2.75) is 78.3 Å². The van der Waals surface area contributed by atoms with Crippen LogP contribution in [0.2, 0.25) is 0 Å². The Morgan fingerprint density at radius 1 is 0.971 bits per heavy atom. The Hall–Kier alpha value is -2.64. The highest BCUT2D eigenvalue weighted by Gasteiger charge is 2.31. The maximum absolute atomic E-state index is 13.2. The summed E-state index contributed by atoms with van der Waals surface area (Å²) in [7, 11) is 0. The van der Waals surface area contributed by atoms with E-state index in [1.165, 1.54) is 37.8 Å². The molecule has 0 unspecified atom stereocenters. The van der Waals surface area contributed by atoms with Gasteiger partial charge < -0.3 is 9.80 Å². The number of hydrogen-bond donors (Lipinski definition) is 0. The third-order valence-corrected chi connectivity index (χ3v) is 6.62. The molecule has 1 saturated heterocycles. The summed E-state index contributed by atoms with van der Waals surface area (Å²) in [6, 6.07) is 5.43. The van der Waals surface area contributed by atoms with Gasteiger partial charge in [0.25, 0.3) is 0 Å². The number of anilines is 1. The summed E-state index contributed by atoms with van der Waals surface area (Å²) < 4.78 is 39.6. The van der Waals surface area contributed by atoms with Gasteiger partial charge >= 0.3 is 6.18 Å². The molecule has 1 fully saturated rings. The molecule has 0 spiro atoms. The lowest BCUT2D eigenvalue weighted by atomic mass is 10.0. The molecule has 2 aromatic rings. The molecule has 35 heavy (non-hydrogen) atoms. The second-order valence-corrected chi connectivity index (χ2v) is 9.42. The number of hydrogen-bond acceptors (Lipinski definition) is 4. The van der Waals surface area contributed by atoms with E-state index < -0.39 is 11.7 Å². The SMILES string of the molecule is CCCCCCCCC(=O)N1CCN(c2nc(C)nc(C)c2Cc2cccc(C(F)(F)F)c2)CC1. The highest BCUT2D eigenvalue weighted by Crippen LogP contribution is 2.31. The third kappa shape index (κ3) is 7.67. The number of aryl methyl sites for hydroxylation is 2. The standard InChI is InChI=1S/C27H37F3N4O/c1-4-5-6-7-8-9-13-25(35)33-14-16-34(17-15-33)26-24(20(2)31-21(3)32-26)19-22-11-10-12-23(18-22)27(28,29)30/h10-12,18H,4-9,13-17,19H2,1-3H3. The van der Waals surface area contributed by atoms with Crippen LogP contribution in [0.5, 0.6) is 0 Å². The highest BCUT2D eigenvalue weighted by molar-refractivity contribution is 5.76. The summed E-state index contributed by atoms with van der Waals surface area (Å²) in [5, 5.41) is 0. The number of rotatable bonds is 10. The summed E-state index contributed by atoms with van der Waals surface area (Å²) in [5.41, 5.74) is 1.53. The zero-order valence-electron chi connectivity index (χ0n) is 21.1. The molecule has 5 nitrogen and oxygen atoms in total. The second kappa shape index (κ2) is 12.4. The van der Waals surface area contributed by atoms with Crippen LogP contribution in [0.1, 0.15) is 80.1 Å². The van der Waals surface area contributed by atoms with Crippen LogP contribution >= 0.6 is 0 Å². The van der Waals surface area contributed by atoms with Crippen LogP contribution in [-0.2, 0) is 17.4 Å². The van der Waals surface area contributed by atoms with Crippen LogP contribution in [-0.4, -0.2) is 47.0 Å². The van der Waals surface area contributed by atoms with Gasteiger partial charge in [-0.15, -0.1) is 0 Å². The summed E-state index contributed by atoms with van der Waals surface area (Å²) in [6.07, 6.45) is 3.49. The molecule has 0 radical (unpaired) electrons. The van der Waals surface area contributed by atoms with Crippen molar-refractivity contribution in [3.05, 3.63) is 52.5 Å². The molecule has 0 bridgehead atoms. The summed E-state index contributed by atoms with van der Waals surface area (Å²) >= 11 is 0. The van der Waals surface area contributed by atoms with Gasteiger partial charge in [0.05, 0.1) is 5.56 Å². The fourth-order valence-electron chi connectivity index (χ4n) is 4.63. The Morgan fingerprint density at radius 2 is 1.66 bits per heavy atom. The topological polar surface area (TPSA) is 49.3 Å². The quantitative estimate of drug-likeness (QED) is 0.378. The molecule has 0 atom stereocenters. The number of nitrogens with zero attached hydrogens (tertiary/aromatic N) is 4. The van der Waals surface area contributed by atoms with E-state index in [4.69, 9.17) is 0 Å². The van der Waals surface area contributed by atoms with Crippen LogP contribution in [0.3, 0.4) is 0 Å². The first-order valence-corrected chi connectivity index (χ1v) is 12.7. The first kappa shape index (κ1) is 27.0. The van der Waals surface area contributed by atoms with E-state index in [-0.39, 0.29) is 5.91 Å². The van der Waals surface area contributed by atoms with E-state index in [1.54, 1.807) is 6.07 Å². The molecule has 1 amide bonds. The monoisotopic (exact) mass is 490 g/mol. The third-order valence-electron chi connectivity index (χ3n) is 6.62. The lowest BCUT2D eigenvalue weighted by molar-refractivity contribution is -0.137. The molecule has 8 heteroatoms. The number of piperazine rings is 1. The van der Waals surface area contributed by atoms with Crippen LogP contribution in [0.15, 0.2) is 24.3 Å². The number of carbonyl (C=O) groups excluding carboxylic acids is 1. The Bertz CT molecular complexity index is 985. The Labute approximate surface area is 206 Å². The number of amides is 1. The van der Waals surface area contributed by atoms with Crippen molar-refractivity contribution < 1.29 is 18.0 Å². The summed E-state index contributed by atoms with van der Waals surface area (Å²) in [4.78, 5) is 25.9. The zero-order chi connectivity index (χ0) is 25.4. The van der Waals surface area contributed by atoms with Gasteiger partial charge in [-0.3, -0.25) is 4.79 Å². The number of halogens is 3. The molecule has 192 valence electrons. The van der Waals surface area contributed by atoms with Gasteiger partial charge in [0.2, 0.25) is 5.91 Å². The fraction of sp³-hybridized carbons (Fsp3) is 0.593. The first-order valence-electron chi connectivity index (χ1n) is 12.7. The van der Waals surface area contributed by atoms with E-state index in [9.17, 15) is 18.0 Å². The second-order valence-electron chi connectivity index (χ2n) is 9.42. The van der Waals surface area contributed by atoms with Crippen LogP contribution in [0, 0.1) is 13.8 Å². The maximum atomic E-state index is 13.2. The number of unbranched alkanes of at least 4 members (excludes halogenated alkanes) is 5. The molecule has 1 aliphatic heterocycles. The van der Waals surface area contributed by atoms with Crippen LogP contribution < -0.4 is 4.90 Å². The van der Waals surface area contributed by atoms with Crippen LogP contribution in [0.4, 0.5) is 19.0 Å². The molecule has 2 heterocycles. The number of benzene rings is 1. The Kier molecular flexibility index (Phi) is 9.52. The minimum atomic E-state index is -4.38. The highest BCUT2D eigenvalue weighted by atomic mass is 19.4. The summed E-state index contributed by atoms with van der Waals surface area (Å²) in [6.45, 7) is 8.44. The van der Waals surface area contributed by atoms with E-state index in [2.05, 4.69) is 21.8 Å². The van der Waals surface area contributed by atoms with Gasteiger partial charge in [-0.05, 0) is 31.9 Å². The smallest absolute Gasteiger partial charge is 0.353 e. The van der Waals surface area contributed by atoms with Gasteiger partial charge in [0, 0.05) is 50.3 Å². The van der Waals surface area contributed by atoms with Crippen molar-refractivity contribution in [2.24, 2.45) is 0 Å². The Balaban J connectivity index is 1.64. The molecule has 1 aromatic carbocycles. The molecule has 0 saturated carbocycles. The normalized spacial score (nSPS) is 14.5. The van der Waals surface area contributed by atoms with Gasteiger partial charge in [0.1, 0.15) is 11.6 Å². The van der Waals surface area contributed by atoms with E-state index in [1.807, 2.05) is 18.7 Å². The first-order chi connectivity index (χ1) is 16.7. The van der Waals surface area contributed by atoms with Crippen molar-refractivity contribution in [1.29, 1.82) is 0 Å². The maximum Gasteiger partial charge on any atom is 0.416 e. The van der Waals surface area contributed by atoms with Crippen molar-refractivity contribution in [3.63, 3.8) is 0 Å². The zero-order valence-corrected chi connectivity index (χ0v) is 21.1. The molecular formula is C27H37F3N4O. The minimum Gasteiger partial charge on any atom is -0.353 e. The largest absolute Gasteiger partial charge is 0.416 e. The van der Waals surface area contributed by atoms with Gasteiger partial charge in [-0.1, -0.05) is 57.2 Å². The Morgan fingerprint density at radius 3 is 2.34 bits per heavy atom. The number of carbonyl (C=O) groups is 1. The van der Waals surface area contributed by atoms with Crippen LogP contribution in [0.25, 0.3) is 0 Å². The average molecular weight is 491 g/mol. The number of aromatic nitrogens is 2. The lowest BCUT2D eigenvalue weighted by Crippen LogP contribution is -2.49. The predicted molar refractivity (Wildman–Crippen MR) is 133 cm³/mol. The van der Waals surface area contributed by atoms with Gasteiger partial charge in [0.15, 0.2) is 0 Å². The molecule has 1 aliphatic rings. The van der Waals surface area contributed by atoms with E-state index in [0.29, 0.717) is 50.4 Å².